The van der Waals surface area contributed by atoms with Crippen LogP contribution in [0.25, 0.3) is 0 Å². The van der Waals surface area contributed by atoms with E-state index in [2.05, 4.69) is 34.0 Å². The van der Waals surface area contributed by atoms with Crippen LogP contribution in [0.3, 0.4) is 0 Å². The van der Waals surface area contributed by atoms with Crippen molar-refractivity contribution in [2.24, 2.45) is 22.7 Å². The van der Waals surface area contributed by atoms with Crippen LogP contribution < -0.4 is 5.32 Å². The Kier molecular flexibility index (Phi) is 8.60. The van der Waals surface area contributed by atoms with Crippen LogP contribution in [-0.4, -0.2) is 99.2 Å². The Morgan fingerprint density at radius 2 is 1.79 bits per heavy atom. The summed E-state index contributed by atoms with van der Waals surface area (Å²) in [7, 11) is 1.87. The van der Waals surface area contributed by atoms with E-state index in [4.69, 9.17) is 4.74 Å². The van der Waals surface area contributed by atoms with Gasteiger partial charge in [0.1, 0.15) is 0 Å². The number of nitrogens with zero attached hydrogens (tertiary/aromatic N) is 4. The molecule has 0 saturated carbocycles. The zero-order valence-electron chi connectivity index (χ0n) is 18.7. The van der Waals surface area contributed by atoms with Crippen LogP contribution in [0, 0.1) is 17.8 Å². The molecule has 166 valence electrons. The van der Waals surface area contributed by atoms with Crippen molar-refractivity contribution in [2.45, 2.75) is 39.5 Å². The van der Waals surface area contributed by atoms with Gasteiger partial charge in [0.05, 0.1) is 13.2 Å². The average molecular weight is 408 g/mol. The number of guanidine groups is 1. The van der Waals surface area contributed by atoms with E-state index in [-0.39, 0.29) is 5.92 Å². The van der Waals surface area contributed by atoms with Gasteiger partial charge in [-0.15, -0.1) is 0 Å². The van der Waals surface area contributed by atoms with Crippen LogP contribution >= 0.6 is 0 Å². The van der Waals surface area contributed by atoms with Crippen molar-refractivity contribution in [3.63, 3.8) is 0 Å². The molecule has 29 heavy (non-hydrogen) atoms. The summed E-state index contributed by atoms with van der Waals surface area (Å²) in [5, 5.41) is 3.63. The van der Waals surface area contributed by atoms with E-state index >= 15 is 0 Å². The number of piperidine rings is 2. The molecule has 0 aromatic heterocycles. The fourth-order valence-corrected chi connectivity index (χ4v) is 4.95. The molecule has 3 fully saturated rings. The van der Waals surface area contributed by atoms with Crippen molar-refractivity contribution in [1.82, 2.24) is 20.0 Å². The maximum atomic E-state index is 12.7. The molecule has 3 rings (SSSR count). The molecular weight excluding hydrogens is 366 g/mol. The van der Waals surface area contributed by atoms with E-state index in [1.54, 1.807) is 0 Å². The minimum Gasteiger partial charge on any atom is -0.378 e. The molecule has 1 atom stereocenters. The second-order valence-corrected chi connectivity index (χ2v) is 9.29. The molecule has 0 aromatic rings. The lowest BCUT2D eigenvalue weighted by Crippen LogP contribution is -2.51. The van der Waals surface area contributed by atoms with E-state index in [0.717, 1.165) is 57.4 Å². The molecule has 3 heterocycles. The van der Waals surface area contributed by atoms with Crippen molar-refractivity contribution in [2.75, 3.05) is 72.6 Å². The fourth-order valence-electron chi connectivity index (χ4n) is 4.95. The molecule has 0 aromatic carbocycles. The second kappa shape index (κ2) is 11.2. The highest BCUT2D eigenvalue weighted by atomic mass is 16.5. The summed E-state index contributed by atoms with van der Waals surface area (Å²) < 4.78 is 5.37. The highest BCUT2D eigenvalue weighted by molar-refractivity contribution is 5.81. The van der Waals surface area contributed by atoms with Gasteiger partial charge in [-0.1, -0.05) is 13.8 Å². The quantitative estimate of drug-likeness (QED) is 0.553. The average Bonchev–Trinajstić information content (AvgIpc) is 2.74. The summed E-state index contributed by atoms with van der Waals surface area (Å²) >= 11 is 0. The first-order valence-corrected chi connectivity index (χ1v) is 11.6. The number of likely N-dealkylation sites (tertiary alicyclic amines) is 2. The SMILES string of the molecule is CN=C(NCC1CCCN(CC(C)C)C1)N1CCC(C(=O)N2CCOCC2)CC1. The molecule has 7 nitrogen and oxygen atoms in total. The maximum absolute atomic E-state index is 12.7. The number of aliphatic imine (C=N–C) groups is 1. The summed E-state index contributed by atoms with van der Waals surface area (Å²) in [5.74, 6) is 2.91. The van der Waals surface area contributed by atoms with E-state index < -0.39 is 0 Å². The Bertz CT molecular complexity index is 539. The molecule has 7 heteroatoms. The summed E-state index contributed by atoms with van der Waals surface area (Å²) in [4.78, 5) is 24.2. The van der Waals surface area contributed by atoms with Crippen molar-refractivity contribution < 1.29 is 9.53 Å². The van der Waals surface area contributed by atoms with Gasteiger partial charge >= 0.3 is 0 Å². The number of morpholine rings is 1. The molecule has 1 unspecified atom stereocenters. The largest absolute Gasteiger partial charge is 0.378 e. The molecule has 1 amide bonds. The molecule has 0 bridgehead atoms. The number of carbonyl (C=O) groups excluding carboxylic acids is 1. The Morgan fingerprint density at radius 1 is 1.07 bits per heavy atom. The predicted molar refractivity (Wildman–Crippen MR) is 117 cm³/mol. The van der Waals surface area contributed by atoms with E-state index in [1.165, 1.54) is 32.5 Å². The Morgan fingerprint density at radius 3 is 2.45 bits per heavy atom. The van der Waals surface area contributed by atoms with Gasteiger partial charge in [-0.3, -0.25) is 9.79 Å². The standard InChI is InChI=1S/C22H41N5O2/c1-18(2)16-25-8-4-5-19(17-25)15-24-22(23-3)27-9-6-20(7-10-27)21(28)26-11-13-29-14-12-26/h18-20H,4-17H2,1-3H3,(H,23,24). The van der Waals surface area contributed by atoms with Crippen molar-refractivity contribution >= 4 is 11.9 Å². The van der Waals surface area contributed by atoms with Crippen LogP contribution in [-0.2, 0) is 9.53 Å². The number of nitrogens with one attached hydrogen (secondary N) is 1. The van der Waals surface area contributed by atoms with Gasteiger partial charge in [0.15, 0.2) is 5.96 Å². The van der Waals surface area contributed by atoms with Gasteiger partial charge < -0.3 is 24.8 Å². The molecule has 1 N–H and O–H groups in total. The summed E-state index contributed by atoms with van der Waals surface area (Å²) in [6, 6.07) is 0. The molecule has 3 aliphatic heterocycles. The molecular formula is C22H41N5O2. The van der Waals surface area contributed by atoms with Crippen molar-refractivity contribution in [1.29, 1.82) is 0 Å². The van der Waals surface area contributed by atoms with E-state index in [0.29, 0.717) is 25.0 Å². The van der Waals surface area contributed by atoms with E-state index in [9.17, 15) is 4.79 Å². The van der Waals surface area contributed by atoms with Crippen LogP contribution in [0.5, 0.6) is 0 Å². The third kappa shape index (κ3) is 6.57. The first-order valence-electron chi connectivity index (χ1n) is 11.6. The van der Waals surface area contributed by atoms with Crippen molar-refractivity contribution in [3.8, 4) is 0 Å². The van der Waals surface area contributed by atoms with Crippen LogP contribution in [0.1, 0.15) is 39.5 Å². The van der Waals surface area contributed by atoms with Gasteiger partial charge in [0.2, 0.25) is 5.91 Å². The smallest absolute Gasteiger partial charge is 0.225 e. The molecule has 0 spiro atoms. The molecule has 3 saturated heterocycles. The lowest BCUT2D eigenvalue weighted by atomic mass is 9.95. The Labute approximate surface area is 176 Å². The summed E-state index contributed by atoms with van der Waals surface area (Å²) in [6.45, 7) is 13.9. The first-order chi connectivity index (χ1) is 14.1. The summed E-state index contributed by atoms with van der Waals surface area (Å²) in [5.41, 5.74) is 0. The second-order valence-electron chi connectivity index (χ2n) is 9.29. The van der Waals surface area contributed by atoms with Gasteiger partial charge in [-0.2, -0.15) is 0 Å². The maximum Gasteiger partial charge on any atom is 0.225 e. The first kappa shape index (κ1) is 22.3. The normalized spacial score (nSPS) is 25.5. The number of ether oxygens (including phenoxy) is 1. The number of carbonyl (C=O) groups is 1. The minimum atomic E-state index is 0.158. The van der Waals surface area contributed by atoms with Crippen molar-refractivity contribution in [3.05, 3.63) is 0 Å². The Balaban J connectivity index is 1.41. The number of rotatable bonds is 5. The molecule has 3 aliphatic rings. The van der Waals surface area contributed by atoms with Crippen LogP contribution in [0.4, 0.5) is 0 Å². The predicted octanol–water partition coefficient (Wildman–Crippen LogP) is 1.50. The fraction of sp³-hybridized carbons (Fsp3) is 0.909. The molecule has 0 aliphatic carbocycles. The number of amides is 1. The van der Waals surface area contributed by atoms with Gasteiger partial charge in [0, 0.05) is 58.8 Å². The lowest BCUT2D eigenvalue weighted by molar-refractivity contribution is -0.140. The zero-order valence-corrected chi connectivity index (χ0v) is 18.7. The van der Waals surface area contributed by atoms with Gasteiger partial charge in [0.25, 0.3) is 0 Å². The minimum absolute atomic E-state index is 0.158. The van der Waals surface area contributed by atoms with Gasteiger partial charge in [-0.25, -0.2) is 0 Å². The molecule has 0 radical (unpaired) electrons. The summed E-state index contributed by atoms with van der Waals surface area (Å²) in [6.07, 6.45) is 4.44. The third-order valence-electron chi connectivity index (χ3n) is 6.45. The van der Waals surface area contributed by atoms with Crippen LogP contribution in [0.2, 0.25) is 0 Å². The number of hydrogen-bond donors (Lipinski definition) is 1. The van der Waals surface area contributed by atoms with E-state index in [1.807, 2.05) is 11.9 Å². The lowest BCUT2D eigenvalue weighted by Gasteiger charge is -2.38. The third-order valence-corrected chi connectivity index (χ3v) is 6.45. The zero-order chi connectivity index (χ0) is 20.6. The van der Waals surface area contributed by atoms with Gasteiger partial charge in [-0.05, 0) is 44.1 Å². The number of hydrogen-bond acceptors (Lipinski definition) is 4. The monoisotopic (exact) mass is 407 g/mol. The highest BCUT2D eigenvalue weighted by Gasteiger charge is 2.30. The van der Waals surface area contributed by atoms with Crippen LogP contribution in [0.15, 0.2) is 4.99 Å². The topological polar surface area (TPSA) is 60.4 Å². The highest BCUT2D eigenvalue weighted by Crippen LogP contribution is 2.21. The Hall–Kier alpha value is -1.34.